The van der Waals surface area contributed by atoms with E-state index in [-0.39, 0.29) is 11.9 Å². The molecular formula is C11H20N4O2. The van der Waals surface area contributed by atoms with Crippen molar-refractivity contribution in [2.24, 2.45) is 17.5 Å². The molecule has 17 heavy (non-hydrogen) atoms. The molecule has 0 aliphatic carbocycles. The van der Waals surface area contributed by atoms with E-state index in [0.717, 1.165) is 24.1 Å². The molecule has 0 saturated carbocycles. The van der Waals surface area contributed by atoms with Crippen molar-refractivity contribution in [2.45, 2.75) is 26.2 Å². The van der Waals surface area contributed by atoms with E-state index in [1.54, 1.807) is 11.8 Å². The monoisotopic (exact) mass is 240 g/mol. The zero-order valence-electron chi connectivity index (χ0n) is 10.1. The number of nitrogens with zero attached hydrogens (tertiary/aromatic N) is 2. The van der Waals surface area contributed by atoms with E-state index in [1.807, 2.05) is 0 Å². The summed E-state index contributed by atoms with van der Waals surface area (Å²) in [5.41, 5.74) is 5.93. The maximum absolute atomic E-state index is 11.9. The molecule has 0 aromatic heterocycles. The van der Waals surface area contributed by atoms with Gasteiger partial charge < -0.3 is 15.4 Å². The van der Waals surface area contributed by atoms with Gasteiger partial charge in [-0.2, -0.15) is 0 Å². The second-order valence-corrected chi connectivity index (χ2v) is 4.38. The van der Waals surface area contributed by atoms with E-state index in [9.17, 15) is 9.59 Å². The van der Waals surface area contributed by atoms with Crippen LogP contribution in [0.1, 0.15) is 26.2 Å². The number of urea groups is 1. The molecule has 1 rings (SSSR count). The van der Waals surface area contributed by atoms with E-state index in [2.05, 4.69) is 0 Å². The van der Waals surface area contributed by atoms with E-state index >= 15 is 0 Å². The molecule has 1 heterocycles. The highest BCUT2D eigenvalue weighted by atomic mass is 16.2. The van der Waals surface area contributed by atoms with Crippen molar-refractivity contribution in [1.29, 1.82) is 0 Å². The van der Waals surface area contributed by atoms with Gasteiger partial charge in [-0.3, -0.25) is 0 Å². The maximum atomic E-state index is 11.9. The van der Waals surface area contributed by atoms with E-state index < -0.39 is 0 Å². The molecule has 6 heteroatoms. The number of amides is 2. The third-order valence-electron chi connectivity index (χ3n) is 2.80. The number of carbonyl (C=O) groups is 2. The highest BCUT2D eigenvalue weighted by Gasteiger charge is 2.22. The van der Waals surface area contributed by atoms with Crippen molar-refractivity contribution in [3.8, 4) is 0 Å². The Morgan fingerprint density at radius 3 is 2.71 bits per heavy atom. The smallest absolute Gasteiger partial charge is 0.338 e. The van der Waals surface area contributed by atoms with Crippen LogP contribution in [0.25, 0.3) is 0 Å². The van der Waals surface area contributed by atoms with Gasteiger partial charge in [0.15, 0.2) is 0 Å². The van der Waals surface area contributed by atoms with Crippen LogP contribution in [0.15, 0.2) is 11.9 Å². The molecule has 1 unspecified atom stereocenters. The van der Waals surface area contributed by atoms with Crippen LogP contribution in [0.5, 0.6) is 0 Å². The van der Waals surface area contributed by atoms with Gasteiger partial charge in [-0.25, -0.2) is 15.6 Å². The Bertz CT molecular complexity index is 313. The Hall–Kier alpha value is -1.56. The van der Waals surface area contributed by atoms with Crippen molar-refractivity contribution >= 4 is 12.3 Å². The highest BCUT2D eigenvalue weighted by Crippen LogP contribution is 2.16. The highest BCUT2D eigenvalue weighted by molar-refractivity contribution is 5.75. The molecule has 2 amide bonds. The summed E-state index contributed by atoms with van der Waals surface area (Å²) in [5.74, 6) is 5.64. The Labute approximate surface area is 101 Å². The molecule has 6 nitrogen and oxygen atoms in total. The molecule has 0 radical (unpaired) electrons. The predicted octanol–water partition coefficient (Wildman–Crippen LogP) is 0.403. The molecule has 1 aliphatic heterocycles. The molecule has 0 aromatic carbocycles. The third kappa shape index (κ3) is 4.07. The van der Waals surface area contributed by atoms with Crippen molar-refractivity contribution in [3.63, 3.8) is 0 Å². The summed E-state index contributed by atoms with van der Waals surface area (Å²) in [7, 11) is 0. The number of likely N-dealkylation sites (tertiary alicyclic amines) is 1. The first-order valence-electron chi connectivity index (χ1n) is 5.76. The van der Waals surface area contributed by atoms with Gasteiger partial charge >= 0.3 is 6.03 Å². The molecule has 1 atom stereocenters. The minimum Gasteiger partial charge on any atom is -0.401 e. The summed E-state index contributed by atoms with van der Waals surface area (Å²) < 4.78 is 0. The summed E-state index contributed by atoms with van der Waals surface area (Å²) >= 11 is 0. The molecule has 96 valence electrons. The average molecular weight is 240 g/mol. The van der Waals surface area contributed by atoms with E-state index in [1.165, 1.54) is 6.20 Å². The molecule has 0 aromatic rings. The average Bonchev–Trinajstić information content (AvgIpc) is 2.52. The molecule has 1 saturated heterocycles. The number of carbonyl (C=O) groups excluding carboxylic acids is 2. The lowest BCUT2D eigenvalue weighted by Crippen LogP contribution is -2.44. The number of hydrogen-bond donors (Lipinski definition) is 2. The summed E-state index contributed by atoms with van der Waals surface area (Å²) in [6, 6.07) is -0.277. The van der Waals surface area contributed by atoms with Crippen molar-refractivity contribution in [1.82, 2.24) is 9.91 Å². The largest absolute Gasteiger partial charge is 0.401 e. The Morgan fingerprint density at radius 1 is 1.41 bits per heavy atom. The van der Waals surface area contributed by atoms with Gasteiger partial charge in [0.05, 0.1) is 0 Å². The second kappa shape index (κ2) is 6.24. The Morgan fingerprint density at radius 2 is 2.12 bits per heavy atom. The molecular weight excluding hydrogens is 220 g/mol. The molecule has 1 fully saturated rings. The first-order valence-corrected chi connectivity index (χ1v) is 5.76. The minimum atomic E-state index is -0.277. The predicted molar refractivity (Wildman–Crippen MR) is 64.3 cm³/mol. The quantitative estimate of drug-likeness (QED) is 0.316. The fraction of sp³-hybridized carbons (Fsp3) is 0.636. The Balaban J connectivity index is 2.58. The number of hydrazine groups is 1. The van der Waals surface area contributed by atoms with Gasteiger partial charge in [-0.1, -0.05) is 0 Å². The van der Waals surface area contributed by atoms with Gasteiger partial charge in [-0.05, 0) is 26.2 Å². The normalized spacial score (nSPS) is 21.9. The zero-order valence-corrected chi connectivity index (χ0v) is 10.1. The van der Waals surface area contributed by atoms with Crippen molar-refractivity contribution in [3.05, 3.63) is 11.9 Å². The van der Waals surface area contributed by atoms with Gasteiger partial charge in [0, 0.05) is 30.9 Å². The van der Waals surface area contributed by atoms with Gasteiger partial charge in [0.1, 0.15) is 6.29 Å². The first kappa shape index (κ1) is 13.5. The number of hydrogen-bond acceptors (Lipinski definition) is 4. The summed E-state index contributed by atoms with van der Waals surface area (Å²) in [6.45, 7) is 2.86. The minimum absolute atomic E-state index is 0.0609. The summed E-state index contributed by atoms with van der Waals surface area (Å²) in [5, 5.41) is 0.997. The maximum Gasteiger partial charge on any atom is 0.338 e. The van der Waals surface area contributed by atoms with E-state index in [0.29, 0.717) is 25.2 Å². The van der Waals surface area contributed by atoms with Crippen LogP contribution in [0.4, 0.5) is 4.79 Å². The lowest BCUT2D eigenvalue weighted by molar-refractivity contribution is -0.111. The SMILES string of the molecule is C/C(N)=C/N(N)C(=O)N1CCCC(C=O)CC1. The lowest BCUT2D eigenvalue weighted by atomic mass is 10.0. The lowest BCUT2D eigenvalue weighted by Gasteiger charge is -2.24. The van der Waals surface area contributed by atoms with Gasteiger partial charge in [0.2, 0.25) is 0 Å². The van der Waals surface area contributed by atoms with Crippen molar-refractivity contribution in [2.75, 3.05) is 13.1 Å². The standard InChI is InChI=1S/C11H20N4O2/c1-9(12)7-15(13)11(17)14-5-2-3-10(8-16)4-6-14/h7-8,10H,2-6,12-13H2,1H3/b9-7-. The fourth-order valence-corrected chi connectivity index (χ4v) is 1.89. The van der Waals surface area contributed by atoms with Gasteiger partial charge in [-0.15, -0.1) is 0 Å². The third-order valence-corrected chi connectivity index (χ3v) is 2.80. The fourth-order valence-electron chi connectivity index (χ4n) is 1.89. The molecule has 0 spiro atoms. The zero-order chi connectivity index (χ0) is 12.8. The molecule has 1 aliphatic rings. The number of rotatable bonds is 2. The van der Waals surface area contributed by atoms with Crippen LogP contribution >= 0.6 is 0 Å². The molecule has 4 N–H and O–H groups in total. The van der Waals surface area contributed by atoms with Crippen LogP contribution < -0.4 is 11.6 Å². The van der Waals surface area contributed by atoms with Crippen LogP contribution in [0.3, 0.4) is 0 Å². The topological polar surface area (TPSA) is 92.7 Å². The number of aldehydes is 1. The summed E-state index contributed by atoms with van der Waals surface area (Å²) in [4.78, 5) is 24.3. The van der Waals surface area contributed by atoms with Crippen LogP contribution in [-0.2, 0) is 4.79 Å². The van der Waals surface area contributed by atoms with E-state index in [4.69, 9.17) is 11.6 Å². The number of allylic oxidation sites excluding steroid dienone is 1. The van der Waals surface area contributed by atoms with Crippen LogP contribution in [0.2, 0.25) is 0 Å². The van der Waals surface area contributed by atoms with Gasteiger partial charge in [0.25, 0.3) is 0 Å². The Kier molecular flexibility index (Phi) is 4.96. The first-order chi connectivity index (χ1) is 8.04. The van der Waals surface area contributed by atoms with Crippen molar-refractivity contribution < 1.29 is 9.59 Å². The van der Waals surface area contributed by atoms with Crippen LogP contribution in [0, 0.1) is 5.92 Å². The molecule has 0 bridgehead atoms. The second-order valence-electron chi connectivity index (χ2n) is 4.38. The van der Waals surface area contributed by atoms with Crippen LogP contribution in [-0.4, -0.2) is 35.3 Å². The summed E-state index contributed by atoms with van der Waals surface area (Å²) in [6.07, 6.45) is 4.73. The number of nitrogens with two attached hydrogens (primary N) is 2.